The van der Waals surface area contributed by atoms with Crippen molar-refractivity contribution in [2.24, 2.45) is 0 Å². The molecule has 0 aliphatic heterocycles. The minimum absolute atomic E-state index is 1.09. The SMILES string of the molecule is C=C(/C=C\C=C/C)CCSC. The van der Waals surface area contributed by atoms with Crippen LogP contribution in [0.1, 0.15) is 13.3 Å². The van der Waals surface area contributed by atoms with E-state index in [1.165, 1.54) is 11.3 Å². The van der Waals surface area contributed by atoms with Crippen LogP contribution in [0.15, 0.2) is 36.5 Å². The van der Waals surface area contributed by atoms with E-state index in [-0.39, 0.29) is 0 Å². The summed E-state index contributed by atoms with van der Waals surface area (Å²) in [5, 5.41) is 0. The van der Waals surface area contributed by atoms with Crippen LogP contribution in [0, 0.1) is 0 Å². The molecule has 0 aliphatic rings. The van der Waals surface area contributed by atoms with E-state index in [2.05, 4.69) is 18.9 Å². The highest BCUT2D eigenvalue weighted by Gasteiger charge is 1.85. The average molecular weight is 168 g/mol. The van der Waals surface area contributed by atoms with Crippen LogP contribution in [0.25, 0.3) is 0 Å². The maximum atomic E-state index is 3.93. The zero-order valence-corrected chi connectivity index (χ0v) is 8.16. The third-order valence-corrected chi connectivity index (χ3v) is 1.88. The molecule has 11 heavy (non-hydrogen) atoms. The van der Waals surface area contributed by atoms with Gasteiger partial charge in [-0.3, -0.25) is 0 Å². The van der Waals surface area contributed by atoms with Crippen molar-refractivity contribution in [3.05, 3.63) is 36.5 Å². The van der Waals surface area contributed by atoms with Gasteiger partial charge in [0.2, 0.25) is 0 Å². The largest absolute Gasteiger partial charge is 0.165 e. The summed E-state index contributed by atoms with van der Waals surface area (Å²) in [7, 11) is 0. The zero-order valence-electron chi connectivity index (χ0n) is 7.34. The first-order chi connectivity index (χ1) is 5.31. The summed E-state index contributed by atoms with van der Waals surface area (Å²) in [4.78, 5) is 0. The van der Waals surface area contributed by atoms with Crippen molar-refractivity contribution >= 4 is 11.8 Å². The Kier molecular flexibility index (Phi) is 7.37. The molecule has 0 nitrogen and oxygen atoms in total. The van der Waals surface area contributed by atoms with Crippen molar-refractivity contribution in [2.75, 3.05) is 12.0 Å². The molecule has 0 rings (SSSR count). The average Bonchev–Trinajstić information content (AvgIpc) is 2.01. The summed E-state index contributed by atoms with van der Waals surface area (Å²) in [6, 6.07) is 0. The Morgan fingerprint density at radius 1 is 1.45 bits per heavy atom. The van der Waals surface area contributed by atoms with E-state index in [1.54, 1.807) is 0 Å². The smallest absolute Gasteiger partial charge is 0.00300 e. The minimum Gasteiger partial charge on any atom is -0.165 e. The van der Waals surface area contributed by atoms with Crippen LogP contribution >= 0.6 is 11.8 Å². The first-order valence-electron chi connectivity index (χ1n) is 3.77. The van der Waals surface area contributed by atoms with Gasteiger partial charge in [0.1, 0.15) is 0 Å². The van der Waals surface area contributed by atoms with Crippen LogP contribution in [0.4, 0.5) is 0 Å². The predicted octanol–water partition coefficient (Wildman–Crippen LogP) is 3.43. The fourth-order valence-electron chi connectivity index (χ4n) is 0.619. The maximum Gasteiger partial charge on any atom is -0.00300 e. The molecule has 0 spiro atoms. The topological polar surface area (TPSA) is 0 Å². The molecule has 0 saturated carbocycles. The van der Waals surface area contributed by atoms with Crippen molar-refractivity contribution < 1.29 is 0 Å². The summed E-state index contributed by atoms with van der Waals surface area (Å²) >= 11 is 1.86. The lowest BCUT2D eigenvalue weighted by atomic mass is 10.2. The summed E-state index contributed by atoms with van der Waals surface area (Å²) < 4.78 is 0. The maximum absolute atomic E-state index is 3.93. The quantitative estimate of drug-likeness (QED) is 0.567. The second-order valence-electron chi connectivity index (χ2n) is 2.29. The van der Waals surface area contributed by atoms with Crippen LogP contribution < -0.4 is 0 Å². The minimum atomic E-state index is 1.09. The summed E-state index contributed by atoms with van der Waals surface area (Å²) in [6.45, 7) is 5.94. The highest BCUT2D eigenvalue weighted by Crippen LogP contribution is 2.05. The van der Waals surface area contributed by atoms with E-state index in [0.29, 0.717) is 0 Å². The fraction of sp³-hybridized carbons (Fsp3) is 0.400. The first kappa shape index (κ1) is 10.6. The summed E-state index contributed by atoms with van der Waals surface area (Å²) in [5.74, 6) is 1.17. The predicted molar refractivity (Wildman–Crippen MR) is 56.1 cm³/mol. The molecule has 62 valence electrons. The van der Waals surface area contributed by atoms with Crippen molar-refractivity contribution in [3.63, 3.8) is 0 Å². The summed E-state index contributed by atoms with van der Waals surface area (Å²) in [6.07, 6.45) is 11.3. The van der Waals surface area contributed by atoms with Crippen molar-refractivity contribution in [2.45, 2.75) is 13.3 Å². The van der Waals surface area contributed by atoms with Gasteiger partial charge in [0.25, 0.3) is 0 Å². The van der Waals surface area contributed by atoms with Crippen molar-refractivity contribution in [3.8, 4) is 0 Å². The van der Waals surface area contributed by atoms with Crippen LogP contribution in [0.3, 0.4) is 0 Å². The number of allylic oxidation sites excluding steroid dienone is 5. The molecule has 0 amide bonds. The van der Waals surface area contributed by atoms with Crippen LogP contribution in [0.5, 0.6) is 0 Å². The van der Waals surface area contributed by atoms with Crippen LogP contribution in [-0.4, -0.2) is 12.0 Å². The molecule has 0 N–H and O–H groups in total. The number of rotatable bonds is 5. The van der Waals surface area contributed by atoms with Gasteiger partial charge in [0.15, 0.2) is 0 Å². The number of hydrogen-bond donors (Lipinski definition) is 0. The number of hydrogen-bond acceptors (Lipinski definition) is 1. The van der Waals surface area contributed by atoms with Gasteiger partial charge in [-0.05, 0) is 25.4 Å². The van der Waals surface area contributed by atoms with Crippen LogP contribution in [-0.2, 0) is 0 Å². The molecule has 0 aromatic heterocycles. The highest BCUT2D eigenvalue weighted by atomic mass is 32.2. The van der Waals surface area contributed by atoms with E-state index in [1.807, 2.05) is 36.9 Å². The molecule has 0 atom stereocenters. The van der Waals surface area contributed by atoms with Gasteiger partial charge >= 0.3 is 0 Å². The molecule has 0 aliphatic carbocycles. The van der Waals surface area contributed by atoms with Crippen molar-refractivity contribution in [1.82, 2.24) is 0 Å². The lowest BCUT2D eigenvalue weighted by Gasteiger charge is -1.95. The van der Waals surface area contributed by atoms with Gasteiger partial charge in [-0.15, -0.1) is 0 Å². The number of thioether (sulfide) groups is 1. The Hall–Kier alpha value is -0.430. The second kappa shape index (κ2) is 7.67. The second-order valence-corrected chi connectivity index (χ2v) is 3.27. The Bertz CT molecular complexity index is 154. The molecule has 0 saturated heterocycles. The van der Waals surface area contributed by atoms with E-state index in [0.717, 1.165) is 6.42 Å². The highest BCUT2D eigenvalue weighted by molar-refractivity contribution is 7.98. The third-order valence-electron chi connectivity index (χ3n) is 1.26. The van der Waals surface area contributed by atoms with Crippen molar-refractivity contribution in [1.29, 1.82) is 0 Å². The van der Waals surface area contributed by atoms with Gasteiger partial charge in [-0.1, -0.05) is 36.5 Å². The Balaban J connectivity index is 3.51. The normalized spacial score (nSPS) is 11.5. The fourth-order valence-corrected chi connectivity index (χ4v) is 1.09. The first-order valence-corrected chi connectivity index (χ1v) is 5.16. The zero-order chi connectivity index (χ0) is 8.53. The lowest BCUT2D eigenvalue weighted by molar-refractivity contribution is 1.18. The van der Waals surface area contributed by atoms with E-state index >= 15 is 0 Å². The standard InChI is InChI=1S/C10H16S/c1-4-5-6-7-10(2)8-9-11-3/h4-7H,2,8-9H2,1,3H3/b5-4-,7-6-. The molecule has 0 unspecified atom stereocenters. The Morgan fingerprint density at radius 3 is 2.73 bits per heavy atom. The van der Waals surface area contributed by atoms with E-state index < -0.39 is 0 Å². The summed E-state index contributed by atoms with van der Waals surface area (Å²) in [5.41, 5.74) is 1.21. The molecule has 0 heterocycles. The molecule has 0 fully saturated rings. The molecule has 1 heteroatoms. The molecule has 0 aromatic carbocycles. The molecular weight excluding hydrogens is 152 g/mol. The van der Waals surface area contributed by atoms with Gasteiger partial charge in [-0.2, -0.15) is 11.8 Å². The van der Waals surface area contributed by atoms with E-state index in [9.17, 15) is 0 Å². The monoisotopic (exact) mass is 168 g/mol. The Morgan fingerprint density at radius 2 is 2.18 bits per heavy atom. The van der Waals surface area contributed by atoms with Gasteiger partial charge in [0, 0.05) is 0 Å². The molecule has 0 radical (unpaired) electrons. The third kappa shape index (κ3) is 7.47. The van der Waals surface area contributed by atoms with Crippen LogP contribution in [0.2, 0.25) is 0 Å². The molecular formula is C10H16S. The van der Waals surface area contributed by atoms with Gasteiger partial charge < -0.3 is 0 Å². The van der Waals surface area contributed by atoms with Gasteiger partial charge in [-0.25, -0.2) is 0 Å². The lowest BCUT2D eigenvalue weighted by Crippen LogP contribution is -1.79. The molecule has 0 aromatic rings. The van der Waals surface area contributed by atoms with E-state index in [4.69, 9.17) is 0 Å². The molecule has 0 bridgehead atoms. The van der Waals surface area contributed by atoms with Gasteiger partial charge in [0.05, 0.1) is 0 Å². The Labute approximate surface area is 74.1 Å².